The predicted molar refractivity (Wildman–Crippen MR) is 60.5 cm³/mol. The number of aromatic amines is 1. The van der Waals surface area contributed by atoms with Gasteiger partial charge in [-0.25, -0.2) is 4.98 Å². The zero-order valence-corrected chi connectivity index (χ0v) is 9.38. The molecule has 0 saturated heterocycles. The third-order valence-electron chi connectivity index (χ3n) is 1.80. The van der Waals surface area contributed by atoms with Crippen LogP contribution in [-0.4, -0.2) is 26.0 Å². The Bertz CT molecular complexity index is 520. The Morgan fingerprint density at radius 3 is 3.00 bits per heavy atom. The zero-order valence-electron chi connectivity index (χ0n) is 8.56. The molecule has 0 spiro atoms. The minimum absolute atomic E-state index is 0.0599. The number of aryl methyl sites for hydroxylation is 1. The first-order chi connectivity index (χ1) is 7.66. The molecular formula is C9H10N6S. The van der Waals surface area contributed by atoms with E-state index in [1.807, 2.05) is 13.0 Å². The van der Waals surface area contributed by atoms with Crippen LogP contribution in [0.1, 0.15) is 11.5 Å². The van der Waals surface area contributed by atoms with Gasteiger partial charge in [0, 0.05) is 11.1 Å². The van der Waals surface area contributed by atoms with Gasteiger partial charge in [-0.05, 0) is 30.8 Å². The number of nitrogens with two attached hydrogens (primary N) is 1. The fraction of sp³-hybridized carbons (Fsp3) is 0.111. The predicted octanol–water partition coefficient (Wildman–Crippen LogP) is 0.943. The van der Waals surface area contributed by atoms with Crippen molar-refractivity contribution in [2.45, 2.75) is 17.0 Å². The second-order valence-corrected chi connectivity index (χ2v) is 4.08. The molecule has 4 N–H and O–H groups in total. The van der Waals surface area contributed by atoms with E-state index in [1.165, 1.54) is 11.8 Å². The third-order valence-corrected chi connectivity index (χ3v) is 2.72. The molecule has 0 unspecified atom stereocenters. The van der Waals surface area contributed by atoms with Crippen LogP contribution >= 0.6 is 11.8 Å². The molecule has 0 aromatic carbocycles. The standard InChI is InChI=1S/C9H10N6S/c1-5-13-9(15-14-5)16-6-3-2-4-12-7(6)8(10)11/h2-4H,1H3,(H3,10,11)(H,13,14,15). The molecule has 2 rings (SSSR count). The summed E-state index contributed by atoms with van der Waals surface area (Å²) in [6.07, 6.45) is 1.60. The topological polar surface area (TPSA) is 104 Å². The lowest BCUT2D eigenvalue weighted by Gasteiger charge is -2.03. The van der Waals surface area contributed by atoms with Gasteiger partial charge in [0.1, 0.15) is 17.4 Å². The minimum atomic E-state index is -0.0599. The highest BCUT2D eigenvalue weighted by molar-refractivity contribution is 7.99. The highest BCUT2D eigenvalue weighted by Gasteiger charge is 2.10. The van der Waals surface area contributed by atoms with Crippen LogP contribution in [0, 0.1) is 12.3 Å². The van der Waals surface area contributed by atoms with Crippen LogP contribution < -0.4 is 5.73 Å². The van der Waals surface area contributed by atoms with E-state index in [0.29, 0.717) is 10.9 Å². The van der Waals surface area contributed by atoms with Crippen molar-refractivity contribution in [3.63, 3.8) is 0 Å². The number of nitrogen functional groups attached to an aromatic ring is 1. The molecule has 2 aromatic heterocycles. The molecule has 0 amide bonds. The van der Waals surface area contributed by atoms with Gasteiger partial charge in [-0.1, -0.05) is 0 Å². The molecular weight excluding hydrogens is 224 g/mol. The molecule has 0 bridgehead atoms. The molecule has 0 saturated carbocycles. The van der Waals surface area contributed by atoms with Crippen molar-refractivity contribution in [1.29, 1.82) is 5.41 Å². The Labute approximate surface area is 96.2 Å². The van der Waals surface area contributed by atoms with Crippen molar-refractivity contribution in [3.8, 4) is 0 Å². The van der Waals surface area contributed by atoms with Crippen molar-refractivity contribution in [1.82, 2.24) is 20.2 Å². The van der Waals surface area contributed by atoms with E-state index in [0.717, 1.165) is 10.7 Å². The lowest BCUT2D eigenvalue weighted by atomic mass is 10.3. The van der Waals surface area contributed by atoms with E-state index in [-0.39, 0.29) is 5.84 Å². The number of pyridine rings is 1. The Hall–Kier alpha value is -1.89. The zero-order chi connectivity index (χ0) is 11.5. The van der Waals surface area contributed by atoms with Crippen LogP contribution in [0.5, 0.6) is 0 Å². The van der Waals surface area contributed by atoms with Gasteiger partial charge in [0.15, 0.2) is 0 Å². The fourth-order valence-corrected chi connectivity index (χ4v) is 2.02. The molecule has 0 aliphatic rings. The largest absolute Gasteiger partial charge is 0.382 e. The summed E-state index contributed by atoms with van der Waals surface area (Å²) >= 11 is 1.33. The molecule has 6 nitrogen and oxygen atoms in total. The van der Waals surface area contributed by atoms with Crippen LogP contribution in [0.4, 0.5) is 0 Å². The summed E-state index contributed by atoms with van der Waals surface area (Å²) in [5, 5.41) is 14.7. The SMILES string of the molecule is Cc1nc(Sc2cccnc2C(=N)N)n[nH]1. The number of hydrogen-bond acceptors (Lipinski definition) is 5. The van der Waals surface area contributed by atoms with Crippen molar-refractivity contribution in [2.24, 2.45) is 5.73 Å². The van der Waals surface area contributed by atoms with Crippen molar-refractivity contribution in [3.05, 3.63) is 29.8 Å². The Morgan fingerprint density at radius 2 is 2.38 bits per heavy atom. The van der Waals surface area contributed by atoms with Gasteiger partial charge in [0.25, 0.3) is 0 Å². The van der Waals surface area contributed by atoms with Gasteiger partial charge in [0.2, 0.25) is 5.16 Å². The molecule has 2 heterocycles. The van der Waals surface area contributed by atoms with Gasteiger partial charge in [-0.2, -0.15) is 0 Å². The number of rotatable bonds is 3. The molecule has 0 aliphatic carbocycles. The maximum atomic E-state index is 7.40. The molecule has 2 aromatic rings. The number of nitrogens with one attached hydrogen (secondary N) is 2. The number of H-pyrrole nitrogens is 1. The van der Waals surface area contributed by atoms with E-state index in [2.05, 4.69) is 20.2 Å². The third kappa shape index (κ3) is 2.19. The van der Waals surface area contributed by atoms with Gasteiger partial charge in [0.05, 0.1) is 0 Å². The molecule has 82 valence electrons. The molecule has 0 fully saturated rings. The lowest BCUT2D eigenvalue weighted by molar-refractivity contribution is 0.968. The number of hydrogen-bond donors (Lipinski definition) is 3. The number of amidine groups is 1. The van der Waals surface area contributed by atoms with Crippen molar-refractivity contribution in [2.75, 3.05) is 0 Å². The highest BCUT2D eigenvalue weighted by Crippen LogP contribution is 2.26. The maximum Gasteiger partial charge on any atom is 0.213 e. The molecule has 0 aliphatic heterocycles. The van der Waals surface area contributed by atoms with Crippen molar-refractivity contribution < 1.29 is 0 Å². The van der Waals surface area contributed by atoms with E-state index in [4.69, 9.17) is 11.1 Å². The van der Waals surface area contributed by atoms with Crippen LogP contribution in [-0.2, 0) is 0 Å². The fourth-order valence-electron chi connectivity index (χ4n) is 1.14. The number of nitrogens with zero attached hydrogens (tertiary/aromatic N) is 3. The smallest absolute Gasteiger partial charge is 0.213 e. The molecule has 16 heavy (non-hydrogen) atoms. The Balaban J connectivity index is 2.31. The van der Waals surface area contributed by atoms with Crippen LogP contribution in [0.25, 0.3) is 0 Å². The first kappa shape index (κ1) is 10.6. The first-order valence-electron chi connectivity index (χ1n) is 4.53. The molecule has 7 heteroatoms. The van der Waals surface area contributed by atoms with Gasteiger partial charge in [-0.15, -0.1) is 5.10 Å². The summed E-state index contributed by atoms with van der Waals surface area (Å²) in [6.45, 7) is 1.83. The van der Waals surface area contributed by atoms with Gasteiger partial charge < -0.3 is 5.73 Å². The summed E-state index contributed by atoms with van der Waals surface area (Å²) in [4.78, 5) is 8.98. The summed E-state index contributed by atoms with van der Waals surface area (Å²) < 4.78 is 0. The van der Waals surface area contributed by atoms with E-state index in [1.54, 1.807) is 12.3 Å². The molecule has 0 radical (unpaired) electrons. The summed E-state index contributed by atoms with van der Waals surface area (Å²) in [6, 6.07) is 3.62. The Kier molecular flexibility index (Phi) is 2.86. The van der Waals surface area contributed by atoms with E-state index < -0.39 is 0 Å². The summed E-state index contributed by atoms with van der Waals surface area (Å²) in [5.41, 5.74) is 5.89. The monoisotopic (exact) mass is 234 g/mol. The first-order valence-corrected chi connectivity index (χ1v) is 5.34. The average molecular weight is 234 g/mol. The lowest BCUT2D eigenvalue weighted by Crippen LogP contribution is -2.14. The second-order valence-electron chi connectivity index (χ2n) is 3.07. The minimum Gasteiger partial charge on any atom is -0.382 e. The highest BCUT2D eigenvalue weighted by atomic mass is 32.2. The second kappa shape index (κ2) is 4.31. The summed E-state index contributed by atoms with van der Waals surface area (Å²) in [7, 11) is 0. The van der Waals surface area contributed by atoms with E-state index >= 15 is 0 Å². The number of aromatic nitrogens is 4. The maximum absolute atomic E-state index is 7.40. The normalized spacial score (nSPS) is 10.3. The van der Waals surface area contributed by atoms with Crippen molar-refractivity contribution >= 4 is 17.6 Å². The average Bonchev–Trinajstić information content (AvgIpc) is 2.64. The Morgan fingerprint density at radius 1 is 1.56 bits per heavy atom. The molecule has 0 atom stereocenters. The van der Waals surface area contributed by atoms with E-state index in [9.17, 15) is 0 Å². The van der Waals surface area contributed by atoms with Crippen LogP contribution in [0.15, 0.2) is 28.4 Å². The van der Waals surface area contributed by atoms with Crippen LogP contribution in [0.3, 0.4) is 0 Å². The summed E-state index contributed by atoms with van der Waals surface area (Å²) in [5.74, 6) is 0.686. The quantitative estimate of drug-likeness (QED) is 0.541. The van der Waals surface area contributed by atoms with Crippen LogP contribution in [0.2, 0.25) is 0 Å². The van der Waals surface area contributed by atoms with Gasteiger partial charge in [-0.3, -0.25) is 15.5 Å². The van der Waals surface area contributed by atoms with Gasteiger partial charge >= 0.3 is 0 Å².